The second-order valence-electron chi connectivity index (χ2n) is 7.18. The van der Waals surface area contributed by atoms with E-state index >= 15 is 0 Å². The molecule has 0 radical (unpaired) electrons. The number of rotatable bonds is 6. The Morgan fingerprint density at radius 2 is 1.84 bits per heavy atom. The number of aliphatic hydroxyl groups is 1. The highest BCUT2D eigenvalue weighted by molar-refractivity contribution is 7.99. The van der Waals surface area contributed by atoms with Gasteiger partial charge in [0, 0.05) is 24.8 Å². The summed E-state index contributed by atoms with van der Waals surface area (Å²) in [6.45, 7) is 1.25. The Labute approximate surface area is 187 Å². The highest BCUT2D eigenvalue weighted by Gasteiger charge is 2.41. The van der Waals surface area contributed by atoms with Crippen LogP contribution in [0.5, 0.6) is 28.7 Å². The average Bonchev–Trinajstić information content (AvgIpc) is 2.73. The maximum atomic E-state index is 12.0. The fraction of sp³-hybridized carbons (Fsp3) is 0.333. The van der Waals surface area contributed by atoms with Crippen LogP contribution < -0.4 is 10.1 Å². The number of ether oxygens (including phenoxy) is 2. The first-order valence-corrected chi connectivity index (χ1v) is 10.6. The van der Waals surface area contributed by atoms with E-state index in [2.05, 4.69) is 5.32 Å². The molecule has 1 heterocycles. The second kappa shape index (κ2) is 9.45. The van der Waals surface area contributed by atoms with Gasteiger partial charge in [0.25, 0.3) is 0 Å². The molecule has 32 heavy (non-hydrogen) atoms. The lowest BCUT2D eigenvalue weighted by molar-refractivity contribution is -0.144. The minimum absolute atomic E-state index is 0.00127. The highest BCUT2D eigenvalue weighted by Crippen LogP contribution is 2.52. The molecule has 2 aromatic carbocycles. The molecule has 0 fully saturated rings. The number of aliphatic hydroxyl groups excluding tert-OH is 1. The van der Waals surface area contributed by atoms with Crippen LogP contribution in [-0.4, -0.2) is 62.4 Å². The van der Waals surface area contributed by atoms with Crippen LogP contribution in [0.1, 0.15) is 29.4 Å². The third-order valence-electron chi connectivity index (χ3n) is 4.90. The maximum absolute atomic E-state index is 12.0. The zero-order valence-corrected chi connectivity index (χ0v) is 18.0. The first-order chi connectivity index (χ1) is 15.1. The van der Waals surface area contributed by atoms with E-state index < -0.39 is 41.1 Å². The molecule has 0 aliphatic carbocycles. The van der Waals surface area contributed by atoms with Gasteiger partial charge in [0.2, 0.25) is 5.91 Å². The molecule has 0 bridgehead atoms. The number of benzene rings is 2. The predicted octanol–water partition coefficient (Wildman–Crippen LogP) is 1.46. The molecule has 0 saturated heterocycles. The van der Waals surface area contributed by atoms with Gasteiger partial charge in [-0.1, -0.05) is 6.07 Å². The van der Waals surface area contributed by atoms with Gasteiger partial charge in [-0.2, -0.15) is 0 Å². The number of esters is 1. The number of thioether (sulfide) groups is 1. The summed E-state index contributed by atoms with van der Waals surface area (Å²) < 4.78 is 10.5. The lowest BCUT2D eigenvalue weighted by atomic mass is 9.93. The van der Waals surface area contributed by atoms with Crippen LogP contribution in [0.25, 0.3) is 0 Å². The fourth-order valence-corrected chi connectivity index (χ4v) is 4.80. The van der Waals surface area contributed by atoms with Gasteiger partial charge in [-0.25, -0.2) is 4.79 Å². The van der Waals surface area contributed by atoms with Crippen LogP contribution in [0.4, 0.5) is 0 Å². The summed E-state index contributed by atoms with van der Waals surface area (Å²) in [4.78, 5) is 23.5. The van der Waals surface area contributed by atoms with Gasteiger partial charge in [-0.3, -0.25) is 4.79 Å². The van der Waals surface area contributed by atoms with Gasteiger partial charge in [-0.05, 0) is 17.7 Å². The average molecular weight is 465 g/mol. The predicted molar refractivity (Wildman–Crippen MR) is 114 cm³/mol. The summed E-state index contributed by atoms with van der Waals surface area (Å²) in [5, 5.41) is 52.5. The van der Waals surface area contributed by atoms with E-state index in [-0.39, 0.29) is 34.3 Å². The molecule has 4 atom stereocenters. The summed E-state index contributed by atoms with van der Waals surface area (Å²) in [5.74, 6) is -2.38. The van der Waals surface area contributed by atoms with Gasteiger partial charge in [0.1, 0.15) is 29.4 Å². The van der Waals surface area contributed by atoms with Crippen molar-refractivity contribution < 1.29 is 44.6 Å². The van der Waals surface area contributed by atoms with Crippen molar-refractivity contribution >= 4 is 23.6 Å². The number of phenols is 4. The number of hydrogen-bond acceptors (Lipinski definition) is 10. The number of carbonyl (C=O) groups excluding carboxylic acids is 2. The molecule has 6 N–H and O–H groups in total. The maximum Gasteiger partial charge on any atom is 0.329 e. The Hall–Kier alpha value is -3.31. The van der Waals surface area contributed by atoms with Crippen molar-refractivity contribution in [3.8, 4) is 28.7 Å². The molecule has 1 amide bonds. The van der Waals surface area contributed by atoms with Crippen molar-refractivity contribution in [2.75, 3.05) is 12.9 Å². The van der Waals surface area contributed by atoms with Crippen molar-refractivity contribution in [3.63, 3.8) is 0 Å². The molecule has 0 unspecified atom stereocenters. The van der Waals surface area contributed by atoms with E-state index in [1.807, 2.05) is 0 Å². The minimum atomic E-state index is -1.28. The lowest BCUT2D eigenvalue weighted by Gasteiger charge is -2.37. The first kappa shape index (κ1) is 23.4. The van der Waals surface area contributed by atoms with Crippen LogP contribution in [-0.2, 0) is 14.3 Å². The van der Waals surface area contributed by atoms with Crippen LogP contribution in [0.3, 0.4) is 0 Å². The Morgan fingerprint density at radius 3 is 2.47 bits per heavy atom. The van der Waals surface area contributed by atoms with E-state index in [9.17, 15) is 35.1 Å². The largest absolute Gasteiger partial charge is 0.508 e. The number of phenolic OH excluding ortho intramolecular Hbond substituents is 4. The van der Waals surface area contributed by atoms with Crippen LogP contribution in [0, 0.1) is 0 Å². The molecule has 10 nitrogen and oxygen atoms in total. The lowest BCUT2D eigenvalue weighted by Crippen LogP contribution is -2.43. The van der Waals surface area contributed by atoms with Gasteiger partial charge in [-0.15, -0.1) is 11.8 Å². The van der Waals surface area contributed by atoms with Crippen LogP contribution in [0.2, 0.25) is 0 Å². The topological polar surface area (TPSA) is 166 Å². The number of nitrogens with one attached hydrogen (secondary N) is 1. The first-order valence-electron chi connectivity index (χ1n) is 9.51. The number of methoxy groups -OCH3 is 1. The molecule has 11 heteroatoms. The van der Waals surface area contributed by atoms with E-state index in [1.54, 1.807) is 0 Å². The normalized spacial score (nSPS) is 20.5. The van der Waals surface area contributed by atoms with Crippen LogP contribution >= 0.6 is 11.8 Å². The SMILES string of the molecule is COC(=O)[C@H](CS[C@H]1c2c(O)cc(O)cc2O[C@H](c2ccc(O)c(O)c2)[C@H]1O)NC(C)=O. The Balaban J connectivity index is 1.98. The zero-order chi connectivity index (χ0) is 23.6. The molecular weight excluding hydrogens is 442 g/mol. The van der Waals surface area contributed by atoms with Gasteiger partial charge in [0.15, 0.2) is 17.6 Å². The molecule has 1 aliphatic rings. The van der Waals surface area contributed by atoms with Crippen molar-refractivity contribution in [1.82, 2.24) is 5.32 Å². The van der Waals surface area contributed by atoms with E-state index in [0.717, 1.165) is 17.8 Å². The van der Waals surface area contributed by atoms with E-state index in [0.29, 0.717) is 5.56 Å². The quantitative estimate of drug-likeness (QED) is 0.272. The Morgan fingerprint density at radius 1 is 1.12 bits per heavy atom. The van der Waals surface area contributed by atoms with Gasteiger partial charge >= 0.3 is 5.97 Å². The third kappa shape index (κ3) is 4.78. The Bertz CT molecular complexity index is 1030. The summed E-state index contributed by atoms with van der Waals surface area (Å²) in [7, 11) is 1.18. The fourth-order valence-electron chi connectivity index (χ4n) is 3.44. The number of aromatic hydroxyl groups is 4. The zero-order valence-electron chi connectivity index (χ0n) is 17.2. The molecule has 172 valence electrons. The van der Waals surface area contributed by atoms with E-state index in [4.69, 9.17) is 9.47 Å². The minimum Gasteiger partial charge on any atom is -0.508 e. The standard InChI is InChI=1S/C21H23NO9S/c1-9(23)22-12(21(29)30-2)8-32-20-17-15(27)6-11(24)7-16(17)31-19(18(20)28)10-3-4-13(25)14(26)5-10/h3-7,12,18-20,24-28H,8H2,1-2H3,(H,22,23)/t12-,18+,19+,20-/m0/s1. The van der Waals surface area contributed by atoms with Crippen LogP contribution in [0.15, 0.2) is 30.3 Å². The van der Waals surface area contributed by atoms with Crippen molar-refractivity contribution in [1.29, 1.82) is 0 Å². The summed E-state index contributed by atoms with van der Waals surface area (Å²) in [6.07, 6.45) is -2.31. The molecule has 0 saturated carbocycles. The second-order valence-corrected chi connectivity index (χ2v) is 8.36. The number of amides is 1. The van der Waals surface area contributed by atoms with Crippen molar-refractivity contribution in [3.05, 3.63) is 41.5 Å². The molecule has 3 rings (SSSR count). The molecule has 2 aromatic rings. The summed E-state index contributed by atoms with van der Waals surface area (Å²) in [5.41, 5.74) is 0.532. The monoisotopic (exact) mass is 465 g/mol. The third-order valence-corrected chi connectivity index (χ3v) is 6.30. The molecule has 0 aromatic heterocycles. The summed E-state index contributed by atoms with van der Waals surface area (Å²) in [6, 6.07) is 5.28. The number of carbonyl (C=O) groups is 2. The van der Waals surface area contributed by atoms with Gasteiger partial charge in [0.05, 0.1) is 17.9 Å². The molecule has 0 spiro atoms. The van der Waals surface area contributed by atoms with Crippen molar-refractivity contribution in [2.24, 2.45) is 0 Å². The van der Waals surface area contributed by atoms with Gasteiger partial charge < -0.3 is 40.3 Å². The van der Waals surface area contributed by atoms with E-state index in [1.165, 1.54) is 38.3 Å². The summed E-state index contributed by atoms with van der Waals surface area (Å²) >= 11 is 1.07. The van der Waals surface area contributed by atoms with Crippen molar-refractivity contribution in [2.45, 2.75) is 30.4 Å². The smallest absolute Gasteiger partial charge is 0.329 e. The number of fused-ring (bicyclic) bond motifs is 1. The number of hydrogen-bond donors (Lipinski definition) is 6. The molecular formula is C21H23NO9S. The molecule has 1 aliphatic heterocycles. The Kier molecular flexibility index (Phi) is 6.90. The highest BCUT2D eigenvalue weighted by atomic mass is 32.2.